The second-order valence-corrected chi connectivity index (χ2v) is 25.7. The van der Waals surface area contributed by atoms with Crippen molar-refractivity contribution in [2.75, 3.05) is 46.2 Å². The van der Waals surface area contributed by atoms with E-state index in [-0.39, 0.29) is 5.91 Å². The fourth-order valence-corrected chi connectivity index (χ4v) is 14.3. The smallest absolute Gasteiger partial charge is 0.423 e. The molecule has 0 saturated carbocycles. The maximum Gasteiger partial charge on any atom is 0.488 e. The van der Waals surface area contributed by atoms with Crippen LogP contribution in [0.1, 0.15) is 52.3 Å². The van der Waals surface area contributed by atoms with Crippen molar-refractivity contribution in [2.24, 2.45) is 0 Å². The van der Waals surface area contributed by atoms with Gasteiger partial charge in [-0.2, -0.15) is 0 Å². The van der Waals surface area contributed by atoms with Crippen LogP contribution < -0.4 is 26.3 Å². The topological polar surface area (TPSA) is 123 Å². The first kappa shape index (κ1) is 53.9. The minimum atomic E-state index is -2.12. The Bertz CT molecular complexity index is 3410. The van der Waals surface area contributed by atoms with Gasteiger partial charge in [-0.05, 0) is 124 Å². The van der Waals surface area contributed by atoms with Gasteiger partial charge in [-0.25, -0.2) is 4.58 Å². The number of nitrogens with zero attached hydrogens (tertiary/aromatic N) is 4. The maximum absolute atomic E-state index is 12.4. The Hall–Kier alpha value is -6.93. The molecule has 1 aliphatic carbocycles. The van der Waals surface area contributed by atoms with E-state index in [1.54, 1.807) is 19.1 Å². The van der Waals surface area contributed by atoms with E-state index in [0.29, 0.717) is 68.7 Å². The summed E-state index contributed by atoms with van der Waals surface area (Å²) in [6, 6.07) is 48.2. The molecule has 76 heavy (non-hydrogen) atoms. The molecule has 13 heteroatoms. The zero-order chi connectivity index (χ0) is 53.8. The molecule has 2 aliphatic rings. The Kier molecular flexibility index (Phi) is 16.4. The number of benzene rings is 7. The summed E-state index contributed by atoms with van der Waals surface area (Å²) in [5.74, 6) is -0.172. The monoisotopic (exact) mass is 1030 g/mol. The third-order valence-corrected chi connectivity index (χ3v) is 18.8. The molecule has 0 atom stereocenters. The molecule has 1 aliphatic heterocycles. The van der Waals surface area contributed by atoms with Crippen LogP contribution in [0.4, 0.5) is 5.69 Å². The number of hydrogen-bond acceptors (Lipinski definition) is 8. The summed E-state index contributed by atoms with van der Waals surface area (Å²) in [6.45, 7) is 14.2. The molecule has 5 N–H and O–H groups in total. The summed E-state index contributed by atoms with van der Waals surface area (Å²) in [7, 11) is 3.09. The Balaban J connectivity index is 1.11. The zero-order valence-electron chi connectivity index (χ0n) is 45.0. The van der Waals surface area contributed by atoms with Crippen LogP contribution in [0, 0.1) is 0 Å². The quantitative estimate of drug-likeness (QED) is 0.0190. The Labute approximate surface area is 450 Å². The van der Waals surface area contributed by atoms with Crippen molar-refractivity contribution in [3.8, 4) is 0 Å². The van der Waals surface area contributed by atoms with Crippen LogP contribution in [-0.2, 0) is 37.5 Å². The van der Waals surface area contributed by atoms with Crippen LogP contribution in [0.3, 0.4) is 0 Å². The number of anilines is 1. The Morgan fingerprint density at radius 2 is 1.18 bits per heavy atom. The number of allylic oxidation sites excluding steroid dienone is 5. The van der Waals surface area contributed by atoms with Gasteiger partial charge in [0.1, 0.15) is 22.2 Å². The predicted molar refractivity (Wildman–Crippen MR) is 318 cm³/mol. The van der Waals surface area contributed by atoms with Gasteiger partial charge in [0, 0.05) is 83.3 Å². The first-order valence-electron chi connectivity index (χ1n) is 26.3. The first-order chi connectivity index (χ1) is 36.5. The SMILES string of the molecule is C=C(C)C(=O)NCCCN(Cc1ccccc1B(O)O)Cc1c2ccccc2c(CN(Cc2ccc(C3=C4C=CC(=[N+](C)C)C=C4[Si](C)(C)c4cc(N(C)C)ccc43)cc2)Cc2ccccc2B(O)O)c2ccccc12. The van der Waals surface area contributed by atoms with Gasteiger partial charge >= 0.3 is 14.2 Å². The standard InChI is InChI=1S/C63H69B2N5O5Si/c1-43(2)63(71)66-34-17-35-69(39-46-18-9-15-24-58(46)64(72)73)41-56-50-20-11-13-22-52(50)57(53-23-14-12-21-51(53)56)42-70(40-47-19-10-16-25-59(47)65(74)75)38-44-26-28-45(29-27-44)62-54-32-30-48(67(3)4)36-60(54)76(7,8)61-37-49(68(5)6)31-33-55(61)62/h9-16,18-33,36-37,72-75H,1,17,34-35,38-42H2,2-8H3/p+1. The summed E-state index contributed by atoms with van der Waals surface area (Å²) in [5.41, 5.74) is 14.0. The molecule has 0 aromatic heterocycles. The van der Waals surface area contributed by atoms with E-state index >= 15 is 0 Å². The molecule has 386 valence electrons. The van der Waals surface area contributed by atoms with Gasteiger partial charge < -0.3 is 30.3 Å². The number of fused-ring (bicyclic) bond motifs is 4. The summed E-state index contributed by atoms with van der Waals surface area (Å²) < 4.78 is 2.19. The van der Waals surface area contributed by atoms with Crippen molar-refractivity contribution in [2.45, 2.75) is 59.2 Å². The fraction of sp³-hybridized carbons (Fsp3) is 0.238. The summed E-state index contributed by atoms with van der Waals surface area (Å²) in [4.78, 5) is 19.4. The third-order valence-electron chi connectivity index (χ3n) is 15.3. The van der Waals surface area contributed by atoms with E-state index in [2.05, 4.69) is 182 Å². The fourth-order valence-electron chi connectivity index (χ4n) is 11.2. The lowest BCUT2D eigenvalue weighted by Gasteiger charge is -2.38. The normalized spacial score (nSPS) is 13.8. The minimum absolute atomic E-state index is 0.172. The first-order valence-corrected chi connectivity index (χ1v) is 29.3. The highest BCUT2D eigenvalue weighted by molar-refractivity contribution is 6.98. The number of nitrogens with one attached hydrogen (secondary N) is 1. The average molecular weight is 1030 g/mol. The summed E-state index contributed by atoms with van der Waals surface area (Å²) >= 11 is 0. The van der Waals surface area contributed by atoms with Crippen LogP contribution in [0.15, 0.2) is 181 Å². The van der Waals surface area contributed by atoms with E-state index in [4.69, 9.17) is 0 Å². The Morgan fingerprint density at radius 3 is 1.71 bits per heavy atom. The van der Waals surface area contributed by atoms with E-state index in [1.807, 2.05) is 36.4 Å². The number of carbonyl (C=O) groups excluding carboxylic acids is 1. The van der Waals surface area contributed by atoms with E-state index in [1.165, 1.54) is 49.6 Å². The molecule has 1 heterocycles. The molecule has 0 unspecified atom stereocenters. The van der Waals surface area contributed by atoms with Crippen molar-refractivity contribution < 1.29 is 29.5 Å². The molecule has 0 fully saturated rings. The molecule has 9 rings (SSSR count). The highest BCUT2D eigenvalue weighted by atomic mass is 28.3. The average Bonchev–Trinajstić information content (AvgIpc) is 3.41. The molecule has 10 nitrogen and oxygen atoms in total. The summed E-state index contributed by atoms with van der Waals surface area (Å²) in [5, 5.41) is 52.4. The Morgan fingerprint density at radius 1 is 0.658 bits per heavy atom. The lowest BCUT2D eigenvalue weighted by molar-refractivity contribution is -0.462. The minimum Gasteiger partial charge on any atom is -0.423 e. The van der Waals surface area contributed by atoms with Gasteiger partial charge in [-0.3, -0.25) is 14.6 Å². The maximum atomic E-state index is 12.4. The number of carbonyl (C=O) groups is 1. The zero-order valence-corrected chi connectivity index (χ0v) is 46.0. The van der Waals surface area contributed by atoms with Crippen LogP contribution in [0.2, 0.25) is 13.1 Å². The van der Waals surface area contributed by atoms with E-state index in [0.717, 1.165) is 43.8 Å². The van der Waals surface area contributed by atoms with Crippen molar-refractivity contribution in [3.05, 3.63) is 220 Å². The molecule has 7 aromatic carbocycles. The number of amides is 1. The highest BCUT2D eigenvalue weighted by Gasteiger charge is 2.40. The third kappa shape index (κ3) is 11.4. The molecule has 0 saturated heterocycles. The second-order valence-electron chi connectivity index (χ2n) is 21.4. The largest absolute Gasteiger partial charge is 0.488 e. The van der Waals surface area contributed by atoms with E-state index in [9.17, 15) is 24.9 Å². The molecular formula is C63H70B2N5O5Si+. The molecule has 0 bridgehead atoms. The number of rotatable bonds is 19. The van der Waals surface area contributed by atoms with Crippen LogP contribution >= 0.6 is 0 Å². The lowest BCUT2D eigenvalue weighted by atomic mass is 9.77. The predicted octanol–water partition coefficient (Wildman–Crippen LogP) is 7.19. The summed E-state index contributed by atoms with van der Waals surface area (Å²) in [6.07, 6.45) is 7.65. The van der Waals surface area contributed by atoms with Crippen molar-refractivity contribution in [3.63, 3.8) is 0 Å². The molecule has 7 aromatic rings. The van der Waals surface area contributed by atoms with Crippen molar-refractivity contribution in [1.82, 2.24) is 15.1 Å². The van der Waals surface area contributed by atoms with Gasteiger partial charge in [0.2, 0.25) is 5.91 Å². The van der Waals surface area contributed by atoms with Gasteiger partial charge in [-0.1, -0.05) is 147 Å². The van der Waals surface area contributed by atoms with Crippen LogP contribution in [0.5, 0.6) is 0 Å². The van der Waals surface area contributed by atoms with Crippen LogP contribution in [0.25, 0.3) is 27.1 Å². The van der Waals surface area contributed by atoms with Gasteiger partial charge in [0.15, 0.2) is 5.71 Å². The van der Waals surface area contributed by atoms with Gasteiger partial charge in [0.05, 0.1) is 0 Å². The second kappa shape index (κ2) is 23.1. The lowest BCUT2D eigenvalue weighted by Crippen LogP contribution is -2.49. The van der Waals surface area contributed by atoms with E-state index < -0.39 is 22.3 Å². The van der Waals surface area contributed by atoms with Crippen molar-refractivity contribution in [1.29, 1.82) is 0 Å². The van der Waals surface area contributed by atoms with Crippen LogP contribution in [-0.4, -0.2) is 110 Å². The van der Waals surface area contributed by atoms with Gasteiger partial charge in [-0.15, -0.1) is 0 Å². The van der Waals surface area contributed by atoms with Gasteiger partial charge in [0.25, 0.3) is 0 Å². The van der Waals surface area contributed by atoms with Crippen molar-refractivity contribution >= 4 is 82.8 Å². The molecule has 1 amide bonds. The highest BCUT2D eigenvalue weighted by Crippen LogP contribution is 2.42. The molecular weight excluding hydrogens is 956 g/mol. The molecule has 0 radical (unpaired) electrons. The molecule has 0 spiro atoms. The number of hydrogen-bond donors (Lipinski definition) is 5.